The third-order valence-electron chi connectivity index (χ3n) is 5.75. The van der Waals surface area contributed by atoms with Gasteiger partial charge in [-0.15, -0.1) is 0 Å². The summed E-state index contributed by atoms with van der Waals surface area (Å²) >= 11 is 0. The van der Waals surface area contributed by atoms with Gasteiger partial charge in [0.1, 0.15) is 11.2 Å². The van der Waals surface area contributed by atoms with E-state index in [1.807, 2.05) is 67.6 Å². The number of carbonyl (C=O) groups is 2. The number of aryl methyl sites for hydroxylation is 1. The molecule has 6 rings (SSSR count). The van der Waals surface area contributed by atoms with Gasteiger partial charge in [0, 0.05) is 10.8 Å². The van der Waals surface area contributed by atoms with Gasteiger partial charge in [-0.2, -0.15) is 0 Å². The second-order valence-electron chi connectivity index (χ2n) is 7.82. The Morgan fingerprint density at radius 1 is 0.594 bits per heavy atom. The molecule has 2 amide bonds. The molecule has 0 spiro atoms. The first-order valence-corrected chi connectivity index (χ1v) is 10.3. The summed E-state index contributed by atoms with van der Waals surface area (Å²) in [5, 5.41) is 1.77. The van der Waals surface area contributed by atoms with Crippen molar-refractivity contribution in [3.63, 3.8) is 0 Å². The highest BCUT2D eigenvalue weighted by molar-refractivity contribution is 6.35. The molecule has 1 aliphatic heterocycles. The van der Waals surface area contributed by atoms with Crippen LogP contribution in [0.5, 0.6) is 0 Å². The highest BCUT2D eigenvalue weighted by Crippen LogP contribution is 2.33. The van der Waals surface area contributed by atoms with Crippen molar-refractivity contribution in [1.29, 1.82) is 0 Å². The summed E-state index contributed by atoms with van der Waals surface area (Å²) in [4.78, 5) is 27.6. The van der Waals surface area contributed by atoms with E-state index in [0.717, 1.165) is 16.3 Å². The van der Waals surface area contributed by atoms with Crippen LogP contribution >= 0.6 is 0 Å². The summed E-state index contributed by atoms with van der Waals surface area (Å²) < 4.78 is 12.4. The van der Waals surface area contributed by atoms with Crippen molar-refractivity contribution in [2.45, 2.75) is 6.92 Å². The minimum atomic E-state index is -0.379. The lowest BCUT2D eigenvalue weighted by atomic mass is 10.1. The molecule has 1 aliphatic rings. The van der Waals surface area contributed by atoms with E-state index in [1.54, 1.807) is 24.3 Å². The van der Waals surface area contributed by atoms with E-state index >= 15 is 0 Å². The number of para-hydroxylation sites is 2. The summed E-state index contributed by atoms with van der Waals surface area (Å²) in [5.74, 6) is -0.757. The Kier molecular flexibility index (Phi) is 3.92. The predicted octanol–water partition coefficient (Wildman–Crippen LogP) is 6.57. The molecule has 0 saturated carbocycles. The average molecular weight is 419 g/mol. The van der Waals surface area contributed by atoms with E-state index in [4.69, 9.17) is 8.83 Å². The monoisotopic (exact) mass is 419 g/mol. The third kappa shape index (κ3) is 2.72. The molecule has 4 aromatic carbocycles. The zero-order valence-corrected chi connectivity index (χ0v) is 17.2. The summed E-state index contributed by atoms with van der Waals surface area (Å²) in [6, 6.07) is 25.8. The van der Waals surface area contributed by atoms with Gasteiger partial charge in [0.05, 0.1) is 16.8 Å². The molecule has 154 valence electrons. The maximum atomic E-state index is 13.2. The Labute approximate surface area is 182 Å². The maximum absolute atomic E-state index is 13.2. The van der Waals surface area contributed by atoms with Gasteiger partial charge in [-0.1, -0.05) is 54.1 Å². The predicted molar refractivity (Wildman–Crippen MR) is 123 cm³/mol. The second-order valence-corrected chi connectivity index (χ2v) is 7.82. The Morgan fingerprint density at radius 2 is 1.06 bits per heavy atom. The number of anilines is 1. The molecular formula is C27H17NO4. The molecule has 2 heterocycles. The third-order valence-corrected chi connectivity index (χ3v) is 5.75. The minimum Gasteiger partial charge on any atom is -0.453 e. The summed E-state index contributed by atoms with van der Waals surface area (Å²) in [7, 11) is 0. The van der Waals surface area contributed by atoms with Crippen molar-refractivity contribution in [3.05, 3.63) is 102 Å². The summed E-state index contributed by atoms with van der Waals surface area (Å²) in [6.07, 6.45) is 0. The van der Waals surface area contributed by atoms with Gasteiger partial charge in [-0.25, -0.2) is 4.90 Å². The van der Waals surface area contributed by atoms with E-state index in [-0.39, 0.29) is 11.8 Å². The molecule has 5 heteroatoms. The smallest absolute Gasteiger partial charge is 0.266 e. The zero-order chi connectivity index (χ0) is 21.8. The van der Waals surface area contributed by atoms with Crippen LogP contribution in [0, 0.1) is 6.92 Å². The Hall–Kier alpha value is -4.38. The molecule has 0 fully saturated rings. The SMILES string of the molecule is Cc1ccc(N2C(=O)c3cc4oc5ccccc5c5ccccc5oc4cc3C2=O)cc1. The highest BCUT2D eigenvalue weighted by atomic mass is 16.4. The van der Waals surface area contributed by atoms with Gasteiger partial charge < -0.3 is 8.83 Å². The van der Waals surface area contributed by atoms with E-state index < -0.39 is 0 Å². The van der Waals surface area contributed by atoms with Crippen LogP contribution in [-0.4, -0.2) is 11.8 Å². The van der Waals surface area contributed by atoms with Crippen molar-refractivity contribution in [2.24, 2.45) is 0 Å². The number of nitrogens with zero attached hydrogens (tertiary/aromatic N) is 1. The average Bonchev–Trinajstić information content (AvgIpc) is 3.03. The largest absolute Gasteiger partial charge is 0.453 e. The van der Waals surface area contributed by atoms with Crippen molar-refractivity contribution in [1.82, 2.24) is 0 Å². The van der Waals surface area contributed by atoms with Gasteiger partial charge in [0.25, 0.3) is 11.8 Å². The second kappa shape index (κ2) is 6.82. The number of carbonyl (C=O) groups excluding carboxylic acids is 2. The molecule has 5 aromatic rings. The lowest BCUT2D eigenvalue weighted by Crippen LogP contribution is -2.29. The highest BCUT2D eigenvalue weighted by Gasteiger charge is 2.37. The summed E-state index contributed by atoms with van der Waals surface area (Å²) in [5.41, 5.74) is 4.25. The fraction of sp³-hybridized carbons (Fsp3) is 0.0370. The number of hydrogen-bond donors (Lipinski definition) is 0. The molecular weight excluding hydrogens is 402 g/mol. The van der Waals surface area contributed by atoms with Gasteiger partial charge >= 0.3 is 0 Å². The first kappa shape index (κ1) is 18.4. The van der Waals surface area contributed by atoms with Crippen LogP contribution in [0.1, 0.15) is 26.3 Å². The molecule has 5 nitrogen and oxygen atoms in total. The molecule has 1 aromatic heterocycles. The Balaban J connectivity index is 1.65. The molecule has 0 saturated heterocycles. The van der Waals surface area contributed by atoms with Crippen molar-refractivity contribution >= 4 is 50.6 Å². The van der Waals surface area contributed by atoms with Crippen LogP contribution in [-0.2, 0) is 0 Å². The van der Waals surface area contributed by atoms with Crippen LogP contribution in [0.4, 0.5) is 5.69 Å². The lowest BCUT2D eigenvalue weighted by molar-refractivity contribution is 0.0926. The van der Waals surface area contributed by atoms with Crippen molar-refractivity contribution in [2.75, 3.05) is 4.90 Å². The first-order valence-electron chi connectivity index (χ1n) is 10.3. The number of imide groups is 1. The van der Waals surface area contributed by atoms with E-state index in [0.29, 0.717) is 39.1 Å². The number of hydrogen-bond acceptors (Lipinski definition) is 4. The first-order chi connectivity index (χ1) is 15.6. The molecule has 0 N–H and O–H groups in total. The number of benzene rings is 4. The molecule has 0 aliphatic carbocycles. The number of rotatable bonds is 1. The Bertz CT molecular complexity index is 1520. The van der Waals surface area contributed by atoms with Crippen LogP contribution in [0.3, 0.4) is 0 Å². The number of fused-ring (bicyclic) bond motifs is 5. The Morgan fingerprint density at radius 3 is 1.56 bits per heavy atom. The standard InChI is InChI=1S/C27H17NO4/c1-16-10-12-17(13-11-16)28-26(29)20-14-24-25(15-21(20)27(28)30)32-23-9-5-3-7-19(23)18-6-2-4-8-22(18)31-24/h2-15H,1H3. The van der Waals surface area contributed by atoms with E-state index in [9.17, 15) is 9.59 Å². The van der Waals surface area contributed by atoms with Gasteiger partial charge in [0.2, 0.25) is 0 Å². The normalized spacial score (nSPS) is 13.2. The van der Waals surface area contributed by atoms with Crippen LogP contribution in [0.25, 0.3) is 33.1 Å². The van der Waals surface area contributed by atoms with Gasteiger partial charge in [0.15, 0.2) is 11.2 Å². The molecule has 0 atom stereocenters. The molecule has 0 radical (unpaired) electrons. The zero-order valence-electron chi connectivity index (χ0n) is 17.2. The summed E-state index contributed by atoms with van der Waals surface area (Å²) in [6.45, 7) is 1.95. The van der Waals surface area contributed by atoms with Gasteiger partial charge in [-0.05, 0) is 43.3 Å². The van der Waals surface area contributed by atoms with E-state index in [2.05, 4.69) is 0 Å². The fourth-order valence-corrected chi connectivity index (χ4v) is 4.13. The maximum Gasteiger partial charge on any atom is 0.266 e. The quantitative estimate of drug-likeness (QED) is 0.288. The topological polar surface area (TPSA) is 63.7 Å². The van der Waals surface area contributed by atoms with Crippen LogP contribution < -0.4 is 4.90 Å². The van der Waals surface area contributed by atoms with Crippen LogP contribution in [0.2, 0.25) is 0 Å². The van der Waals surface area contributed by atoms with E-state index in [1.165, 1.54) is 4.90 Å². The lowest BCUT2D eigenvalue weighted by Gasteiger charge is -2.13. The molecule has 32 heavy (non-hydrogen) atoms. The van der Waals surface area contributed by atoms with Crippen molar-refractivity contribution < 1.29 is 18.4 Å². The molecule has 0 unspecified atom stereocenters. The minimum absolute atomic E-state index is 0.296. The van der Waals surface area contributed by atoms with Crippen LogP contribution in [0.15, 0.2) is 93.8 Å². The van der Waals surface area contributed by atoms with Crippen molar-refractivity contribution in [3.8, 4) is 0 Å². The number of amides is 2. The van der Waals surface area contributed by atoms with Gasteiger partial charge in [-0.3, -0.25) is 9.59 Å². The fourth-order valence-electron chi connectivity index (χ4n) is 4.13. The molecule has 0 bridgehead atoms.